The number of hydrogen-bond donors (Lipinski definition) is 1. The number of hydrogen-bond acceptors (Lipinski definition) is 1. The van der Waals surface area contributed by atoms with Gasteiger partial charge in [-0.1, -0.05) is 6.07 Å². The van der Waals surface area contributed by atoms with Crippen molar-refractivity contribution >= 4 is 10.9 Å². The highest BCUT2D eigenvalue weighted by Crippen LogP contribution is 2.28. The van der Waals surface area contributed by atoms with Crippen LogP contribution in [0.15, 0.2) is 24.4 Å². The molecule has 0 amide bonds. The van der Waals surface area contributed by atoms with E-state index in [9.17, 15) is 0 Å². The van der Waals surface area contributed by atoms with Gasteiger partial charge in [-0.05, 0) is 62.5 Å². The van der Waals surface area contributed by atoms with E-state index in [4.69, 9.17) is 0 Å². The molecule has 0 aliphatic carbocycles. The fourth-order valence-electron chi connectivity index (χ4n) is 2.94. The summed E-state index contributed by atoms with van der Waals surface area (Å²) in [5.74, 6) is 0. The molecule has 3 rings (SSSR count). The van der Waals surface area contributed by atoms with Gasteiger partial charge in [0.15, 0.2) is 0 Å². The zero-order valence-corrected chi connectivity index (χ0v) is 10.5. The van der Waals surface area contributed by atoms with E-state index >= 15 is 0 Å². The minimum Gasteiger partial charge on any atom is -0.347 e. The lowest BCUT2D eigenvalue weighted by molar-refractivity contribution is 0.635. The molecule has 0 atom stereocenters. The molecule has 0 spiro atoms. The zero-order chi connectivity index (χ0) is 11.7. The summed E-state index contributed by atoms with van der Waals surface area (Å²) in [5.41, 5.74) is 4.54. The van der Waals surface area contributed by atoms with E-state index in [1.54, 1.807) is 5.56 Å². The molecule has 17 heavy (non-hydrogen) atoms. The van der Waals surface area contributed by atoms with Crippen molar-refractivity contribution in [3.05, 3.63) is 35.5 Å². The van der Waals surface area contributed by atoms with Crippen LogP contribution in [-0.2, 0) is 19.4 Å². The van der Waals surface area contributed by atoms with Crippen molar-refractivity contribution in [1.82, 2.24) is 9.88 Å². The van der Waals surface area contributed by atoms with Crippen LogP contribution in [0.25, 0.3) is 10.9 Å². The van der Waals surface area contributed by atoms with Crippen LogP contribution in [-0.4, -0.2) is 18.2 Å². The third-order valence-electron chi connectivity index (χ3n) is 3.74. The van der Waals surface area contributed by atoms with Crippen LogP contribution < -0.4 is 5.32 Å². The summed E-state index contributed by atoms with van der Waals surface area (Å²) in [6, 6.07) is 7.07. The Morgan fingerprint density at radius 1 is 1.35 bits per heavy atom. The lowest BCUT2D eigenvalue weighted by atomic mass is 9.98. The molecule has 0 unspecified atom stereocenters. The molecule has 1 aromatic heterocycles. The van der Waals surface area contributed by atoms with Crippen molar-refractivity contribution < 1.29 is 0 Å². The van der Waals surface area contributed by atoms with E-state index in [1.165, 1.54) is 48.7 Å². The minimum atomic E-state index is 1.11. The lowest BCUT2D eigenvalue weighted by Gasteiger charge is -2.16. The van der Waals surface area contributed by atoms with Gasteiger partial charge in [0.05, 0.1) is 5.52 Å². The highest BCUT2D eigenvalue weighted by molar-refractivity contribution is 5.84. The van der Waals surface area contributed by atoms with Crippen LogP contribution in [0.5, 0.6) is 0 Å². The maximum absolute atomic E-state index is 3.21. The van der Waals surface area contributed by atoms with Crippen LogP contribution in [0.2, 0.25) is 0 Å². The lowest BCUT2D eigenvalue weighted by Crippen LogP contribution is -2.09. The molecular weight excluding hydrogens is 208 g/mol. The molecule has 0 saturated carbocycles. The average Bonchev–Trinajstić information content (AvgIpc) is 2.75. The Morgan fingerprint density at radius 2 is 2.29 bits per heavy atom. The Bertz CT molecular complexity index is 525. The van der Waals surface area contributed by atoms with E-state index < -0.39 is 0 Å². The maximum atomic E-state index is 3.21. The van der Waals surface area contributed by atoms with E-state index in [0.717, 1.165) is 6.54 Å². The molecule has 1 aliphatic rings. The Morgan fingerprint density at radius 3 is 3.18 bits per heavy atom. The summed E-state index contributed by atoms with van der Waals surface area (Å²) in [4.78, 5) is 0. The average molecular weight is 228 g/mol. The van der Waals surface area contributed by atoms with Crippen molar-refractivity contribution in [2.45, 2.75) is 32.2 Å². The molecule has 1 aromatic carbocycles. The Kier molecular flexibility index (Phi) is 2.89. The highest BCUT2D eigenvalue weighted by atomic mass is 15.0. The highest BCUT2D eigenvalue weighted by Gasteiger charge is 2.12. The molecule has 1 aliphatic heterocycles. The molecule has 0 bridgehead atoms. The smallest absolute Gasteiger partial charge is 0.0513 e. The molecular formula is C15H20N2. The third kappa shape index (κ3) is 1.98. The Hall–Kier alpha value is -1.28. The zero-order valence-electron chi connectivity index (χ0n) is 10.5. The van der Waals surface area contributed by atoms with Gasteiger partial charge in [-0.15, -0.1) is 0 Å². The van der Waals surface area contributed by atoms with Gasteiger partial charge in [0, 0.05) is 18.1 Å². The van der Waals surface area contributed by atoms with Gasteiger partial charge < -0.3 is 9.88 Å². The van der Waals surface area contributed by atoms with Crippen molar-refractivity contribution in [3.8, 4) is 0 Å². The molecule has 1 N–H and O–H groups in total. The second-order valence-corrected chi connectivity index (χ2v) is 5.01. The SMILES string of the molecule is CNCCCc1cc2c3c(ccn3CCC2)c1. The predicted molar refractivity (Wildman–Crippen MR) is 72.5 cm³/mol. The summed E-state index contributed by atoms with van der Waals surface area (Å²) < 4.78 is 2.41. The van der Waals surface area contributed by atoms with Crippen molar-refractivity contribution in [2.75, 3.05) is 13.6 Å². The van der Waals surface area contributed by atoms with E-state index in [1.807, 2.05) is 7.05 Å². The summed E-state index contributed by atoms with van der Waals surface area (Å²) >= 11 is 0. The normalized spacial score (nSPS) is 14.4. The van der Waals surface area contributed by atoms with Crippen LogP contribution in [0, 0.1) is 0 Å². The number of aromatic nitrogens is 1. The summed E-state index contributed by atoms with van der Waals surface area (Å²) in [7, 11) is 2.02. The quantitative estimate of drug-likeness (QED) is 0.796. The third-order valence-corrected chi connectivity index (χ3v) is 3.74. The van der Waals surface area contributed by atoms with Gasteiger partial charge in [-0.25, -0.2) is 0 Å². The van der Waals surface area contributed by atoms with Gasteiger partial charge in [-0.2, -0.15) is 0 Å². The minimum absolute atomic E-state index is 1.11. The number of nitrogens with zero attached hydrogens (tertiary/aromatic N) is 1. The second kappa shape index (κ2) is 4.53. The van der Waals surface area contributed by atoms with E-state index in [2.05, 4.69) is 34.3 Å². The molecule has 0 radical (unpaired) electrons. The first-order valence-electron chi connectivity index (χ1n) is 6.64. The first-order chi connectivity index (χ1) is 8.38. The first-order valence-corrected chi connectivity index (χ1v) is 6.64. The van der Waals surface area contributed by atoms with Crippen molar-refractivity contribution in [3.63, 3.8) is 0 Å². The fraction of sp³-hybridized carbons (Fsp3) is 0.467. The van der Waals surface area contributed by atoms with Crippen LogP contribution in [0.1, 0.15) is 24.0 Å². The second-order valence-electron chi connectivity index (χ2n) is 5.01. The summed E-state index contributed by atoms with van der Waals surface area (Å²) in [6.45, 7) is 2.30. The monoisotopic (exact) mass is 228 g/mol. The predicted octanol–water partition coefficient (Wildman–Crippen LogP) is 2.74. The summed E-state index contributed by atoms with van der Waals surface area (Å²) in [6.07, 6.45) is 7.19. The molecule has 0 saturated heterocycles. The number of rotatable bonds is 4. The van der Waals surface area contributed by atoms with Crippen molar-refractivity contribution in [2.24, 2.45) is 0 Å². The molecule has 2 nitrogen and oxygen atoms in total. The molecule has 2 aromatic rings. The van der Waals surface area contributed by atoms with E-state index in [-0.39, 0.29) is 0 Å². The van der Waals surface area contributed by atoms with Crippen molar-refractivity contribution in [1.29, 1.82) is 0 Å². The Labute approximate surface area is 103 Å². The summed E-state index contributed by atoms with van der Waals surface area (Å²) in [5, 5.41) is 4.65. The number of aryl methyl sites for hydroxylation is 3. The first kappa shape index (κ1) is 10.8. The largest absolute Gasteiger partial charge is 0.347 e. The standard InChI is InChI=1S/C15H20N2/c1-16-7-2-4-12-10-13-5-3-8-17-9-6-14(11-12)15(13)17/h6,9-11,16H,2-5,7-8H2,1H3. The maximum Gasteiger partial charge on any atom is 0.0513 e. The number of nitrogens with one attached hydrogen (secondary N) is 1. The van der Waals surface area contributed by atoms with Crippen LogP contribution in [0.3, 0.4) is 0 Å². The molecule has 0 fully saturated rings. The van der Waals surface area contributed by atoms with Crippen LogP contribution in [0.4, 0.5) is 0 Å². The van der Waals surface area contributed by atoms with Gasteiger partial charge in [0.1, 0.15) is 0 Å². The van der Waals surface area contributed by atoms with Gasteiger partial charge in [0.25, 0.3) is 0 Å². The molecule has 2 heterocycles. The van der Waals surface area contributed by atoms with Crippen LogP contribution >= 0.6 is 0 Å². The molecule has 90 valence electrons. The van der Waals surface area contributed by atoms with Gasteiger partial charge >= 0.3 is 0 Å². The molecule has 2 heteroatoms. The van der Waals surface area contributed by atoms with Gasteiger partial charge in [-0.3, -0.25) is 0 Å². The number of benzene rings is 1. The Balaban J connectivity index is 1.94. The fourth-order valence-corrected chi connectivity index (χ4v) is 2.94. The van der Waals surface area contributed by atoms with Gasteiger partial charge in [0.2, 0.25) is 0 Å². The topological polar surface area (TPSA) is 17.0 Å². The van der Waals surface area contributed by atoms with E-state index in [0.29, 0.717) is 0 Å².